The van der Waals surface area contributed by atoms with E-state index < -0.39 is 10.0 Å². The largest absolute Gasteiger partial charge is 0.240 e. The van der Waals surface area contributed by atoms with Crippen molar-refractivity contribution in [2.75, 3.05) is 0 Å². The molecule has 19 heavy (non-hydrogen) atoms. The lowest BCUT2D eigenvalue weighted by molar-refractivity contribution is 0.582. The predicted molar refractivity (Wildman–Crippen MR) is 77.2 cm³/mol. The van der Waals surface area contributed by atoms with E-state index in [0.29, 0.717) is 5.56 Å². The summed E-state index contributed by atoms with van der Waals surface area (Å²) < 4.78 is 27.5. The number of hydrogen-bond acceptors (Lipinski definition) is 4. The van der Waals surface area contributed by atoms with Crippen LogP contribution in [0.1, 0.15) is 10.4 Å². The molecule has 0 radical (unpaired) electrons. The number of hydrogen-bond donors (Lipinski definition) is 1. The zero-order valence-electron chi connectivity index (χ0n) is 9.63. The second-order valence-electron chi connectivity index (χ2n) is 3.70. The van der Waals surface area contributed by atoms with E-state index >= 15 is 0 Å². The van der Waals surface area contributed by atoms with E-state index in [0.717, 1.165) is 9.35 Å². The number of nitrogens with one attached hydrogen (secondary N) is 1. The summed E-state index contributed by atoms with van der Waals surface area (Å²) in [6, 6.07) is 9.72. The van der Waals surface area contributed by atoms with Crippen LogP contribution in [0.25, 0.3) is 0 Å². The second-order valence-corrected chi connectivity index (χ2v) is 7.37. The number of thiophene rings is 1. The highest BCUT2D eigenvalue weighted by Gasteiger charge is 2.14. The summed E-state index contributed by atoms with van der Waals surface area (Å²) in [5.41, 5.74) is 0.321. The molecule has 2 rings (SSSR count). The molecule has 0 fully saturated rings. The number of nitriles is 1. The first-order valence-corrected chi connectivity index (χ1v) is 8.39. The molecule has 0 saturated carbocycles. The van der Waals surface area contributed by atoms with Crippen molar-refractivity contribution in [1.82, 2.24) is 4.72 Å². The fourth-order valence-corrected chi connectivity index (χ4v) is 3.96. The number of nitrogens with zero attached hydrogens (tertiary/aromatic N) is 1. The van der Waals surface area contributed by atoms with Gasteiger partial charge < -0.3 is 0 Å². The maximum atomic E-state index is 12.1. The maximum absolute atomic E-state index is 12.1. The molecule has 2 aromatic rings. The highest BCUT2D eigenvalue weighted by atomic mass is 79.9. The predicted octanol–water partition coefficient (Wildman–Crippen LogP) is 2.86. The van der Waals surface area contributed by atoms with Crippen molar-refractivity contribution in [2.24, 2.45) is 0 Å². The third-order valence-electron chi connectivity index (χ3n) is 2.33. The van der Waals surface area contributed by atoms with Gasteiger partial charge in [-0.2, -0.15) is 5.26 Å². The quantitative estimate of drug-likeness (QED) is 0.915. The molecule has 1 aromatic carbocycles. The molecule has 0 aliphatic carbocycles. The molecule has 4 nitrogen and oxygen atoms in total. The fourth-order valence-electron chi connectivity index (χ4n) is 1.43. The van der Waals surface area contributed by atoms with Gasteiger partial charge in [0.2, 0.25) is 10.0 Å². The van der Waals surface area contributed by atoms with Crippen molar-refractivity contribution in [3.63, 3.8) is 0 Å². The highest BCUT2D eigenvalue weighted by Crippen LogP contribution is 2.20. The molecule has 0 bridgehead atoms. The van der Waals surface area contributed by atoms with Gasteiger partial charge in [-0.05, 0) is 40.2 Å². The first-order chi connectivity index (χ1) is 9.01. The van der Waals surface area contributed by atoms with Crippen LogP contribution in [-0.2, 0) is 16.6 Å². The van der Waals surface area contributed by atoms with Gasteiger partial charge in [0.1, 0.15) is 0 Å². The molecule has 7 heteroatoms. The van der Waals surface area contributed by atoms with Gasteiger partial charge in [0, 0.05) is 21.3 Å². The number of benzene rings is 1. The van der Waals surface area contributed by atoms with Crippen LogP contribution in [-0.4, -0.2) is 8.42 Å². The third-order valence-corrected chi connectivity index (χ3v) is 5.43. The molecule has 0 saturated heterocycles. The fraction of sp³-hybridized carbons (Fsp3) is 0.0833. The zero-order valence-corrected chi connectivity index (χ0v) is 12.8. The SMILES string of the molecule is N#Cc1cccc(S(=O)(=O)NCc2cc(Br)cs2)c1. The monoisotopic (exact) mass is 356 g/mol. The van der Waals surface area contributed by atoms with Gasteiger partial charge in [0.05, 0.1) is 16.5 Å². The van der Waals surface area contributed by atoms with E-state index in [1.54, 1.807) is 12.1 Å². The van der Waals surface area contributed by atoms with Gasteiger partial charge >= 0.3 is 0 Å². The van der Waals surface area contributed by atoms with E-state index in [1.165, 1.54) is 23.5 Å². The van der Waals surface area contributed by atoms with Crippen molar-refractivity contribution in [3.05, 3.63) is 50.6 Å². The Bertz CT molecular complexity index is 732. The van der Waals surface area contributed by atoms with Crippen LogP contribution < -0.4 is 4.72 Å². The van der Waals surface area contributed by atoms with Crippen LogP contribution in [0.3, 0.4) is 0 Å². The summed E-state index contributed by atoms with van der Waals surface area (Å²) >= 11 is 4.78. The van der Waals surface area contributed by atoms with Crippen LogP contribution in [0.4, 0.5) is 0 Å². The molecule has 1 heterocycles. The van der Waals surface area contributed by atoms with E-state index in [-0.39, 0.29) is 11.4 Å². The van der Waals surface area contributed by atoms with Crippen LogP contribution in [0, 0.1) is 11.3 Å². The average molecular weight is 357 g/mol. The Balaban J connectivity index is 2.16. The molecule has 1 aromatic heterocycles. The van der Waals surface area contributed by atoms with Crippen LogP contribution in [0.2, 0.25) is 0 Å². The number of rotatable bonds is 4. The lowest BCUT2D eigenvalue weighted by Crippen LogP contribution is -2.22. The summed E-state index contributed by atoms with van der Waals surface area (Å²) in [6.07, 6.45) is 0. The summed E-state index contributed by atoms with van der Waals surface area (Å²) in [5.74, 6) is 0. The van der Waals surface area contributed by atoms with Crippen molar-refractivity contribution >= 4 is 37.3 Å². The van der Waals surface area contributed by atoms with Crippen LogP contribution >= 0.6 is 27.3 Å². The highest BCUT2D eigenvalue weighted by molar-refractivity contribution is 9.10. The van der Waals surface area contributed by atoms with Crippen molar-refractivity contribution in [2.45, 2.75) is 11.4 Å². The summed E-state index contributed by atoms with van der Waals surface area (Å²) in [6.45, 7) is 0.232. The van der Waals surface area contributed by atoms with E-state index in [4.69, 9.17) is 5.26 Å². The van der Waals surface area contributed by atoms with Gasteiger partial charge in [-0.15, -0.1) is 11.3 Å². The summed E-state index contributed by atoms with van der Waals surface area (Å²) in [4.78, 5) is 1.01. The average Bonchev–Trinajstić information content (AvgIpc) is 2.82. The second kappa shape index (κ2) is 5.84. The number of sulfonamides is 1. The first-order valence-electron chi connectivity index (χ1n) is 5.24. The third kappa shape index (κ3) is 3.64. The van der Waals surface area contributed by atoms with Crippen molar-refractivity contribution in [3.8, 4) is 6.07 Å². The molecular weight excluding hydrogens is 348 g/mol. The lowest BCUT2D eigenvalue weighted by atomic mass is 10.2. The molecule has 0 amide bonds. The van der Waals surface area contributed by atoms with Crippen molar-refractivity contribution < 1.29 is 8.42 Å². The Labute approximate surface area is 123 Å². The maximum Gasteiger partial charge on any atom is 0.240 e. The minimum absolute atomic E-state index is 0.0992. The lowest BCUT2D eigenvalue weighted by Gasteiger charge is -2.05. The minimum atomic E-state index is -3.59. The van der Waals surface area contributed by atoms with E-state index in [1.807, 2.05) is 17.5 Å². The normalized spacial score (nSPS) is 11.2. The van der Waals surface area contributed by atoms with Gasteiger partial charge in [0.25, 0.3) is 0 Å². The molecule has 0 unspecified atom stereocenters. The smallest absolute Gasteiger partial charge is 0.207 e. The Hall–Kier alpha value is -1.20. The Morgan fingerprint density at radius 3 is 2.79 bits per heavy atom. The Morgan fingerprint density at radius 2 is 2.16 bits per heavy atom. The van der Waals surface area contributed by atoms with Crippen LogP contribution in [0.15, 0.2) is 45.1 Å². The topological polar surface area (TPSA) is 70.0 Å². The molecule has 1 N–H and O–H groups in total. The first kappa shape index (κ1) is 14.2. The number of halogens is 1. The summed E-state index contributed by atoms with van der Waals surface area (Å²) in [7, 11) is -3.59. The van der Waals surface area contributed by atoms with Gasteiger partial charge in [-0.1, -0.05) is 6.07 Å². The minimum Gasteiger partial charge on any atom is -0.207 e. The molecular formula is C12H9BrN2O2S2. The van der Waals surface area contributed by atoms with Gasteiger partial charge in [-0.25, -0.2) is 13.1 Å². The van der Waals surface area contributed by atoms with Crippen LogP contribution in [0.5, 0.6) is 0 Å². The van der Waals surface area contributed by atoms with Crippen molar-refractivity contribution in [1.29, 1.82) is 5.26 Å². The summed E-state index contributed by atoms with van der Waals surface area (Å²) in [5, 5.41) is 10.7. The zero-order chi connectivity index (χ0) is 13.9. The van der Waals surface area contributed by atoms with Gasteiger partial charge in [-0.3, -0.25) is 0 Å². The molecule has 0 aliphatic heterocycles. The molecule has 0 aliphatic rings. The standard InChI is InChI=1S/C12H9BrN2O2S2/c13-10-5-11(18-8-10)7-15-19(16,17)12-3-1-2-9(4-12)6-14/h1-5,8,15H,7H2. The van der Waals surface area contributed by atoms with Gasteiger partial charge in [0.15, 0.2) is 0 Å². The molecule has 98 valence electrons. The molecule has 0 atom stereocenters. The Morgan fingerprint density at radius 1 is 1.37 bits per heavy atom. The molecule has 0 spiro atoms. The van der Waals surface area contributed by atoms with E-state index in [9.17, 15) is 8.42 Å². The Kier molecular flexibility index (Phi) is 4.37. The van der Waals surface area contributed by atoms with E-state index in [2.05, 4.69) is 20.7 Å².